The van der Waals surface area contributed by atoms with E-state index in [2.05, 4.69) is 0 Å². The Hall–Kier alpha value is -2.41. The molecule has 0 radical (unpaired) electrons. The molecule has 11 heteroatoms. The van der Waals surface area contributed by atoms with Crippen LogP contribution >= 0.6 is 0 Å². The molecule has 0 unspecified atom stereocenters. The summed E-state index contributed by atoms with van der Waals surface area (Å²) >= 11 is 0. The Morgan fingerprint density at radius 2 is 1.55 bits per heavy atom. The maximum atomic E-state index is 13.7. The molecule has 1 fully saturated rings. The second-order valence-electron chi connectivity index (χ2n) is 9.08. The molecule has 0 aromatic heterocycles. The standard InChI is InChI=1S/C27H39NO10/c29-7-1-2-8-35-26-19-22(21-3-4-23-24(17-21)37-20-36-23)18-25(38-26)27(30)28-5-9-31-11-13-33-15-16-34-14-12-32-10-6-28/h3-4,17-18,22,26,29H,1-2,5-16,19-20H2/t22-,26+/m0/s1. The number of amides is 1. The molecule has 0 bridgehead atoms. The molecule has 4 rings (SSSR count). The Morgan fingerprint density at radius 1 is 0.895 bits per heavy atom. The van der Waals surface area contributed by atoms with Crippen molar-refractivity contribution in [3.8, 4) is 11.5 Å². The lowest BCUT2D eigenvalue weighted by molar-refractivity contribution is -0.153. The van der Waals surface area contributed by atoms with Crippen LogP contribution in [0.3, 0.4) is 0 Å². The fourth-order valence-corrected chi connectivity index (χ4v) is 4.30. The summed E-state index contributed by atoms with van der Waals surface area (Å²) in [4.78, 5) is 15.4. The van der Waals surface area contributed by atoms with Crippen molar-refractivity contribution >= 4 is 5.91 Å². The van der Waals surface area contributed by atoms with Crippen molar-refractivity contribution in [2.45, 2.75) is 31.5 Å². The highest BCUT2D eigenvalue weighted by atomic mass is 16.7. The molecule has 0 aliphatic carbocycles. The Balaban J connectivity index is 1.46. The smallest absolute Gasteiger partial charge is 0.288 e. The number of carbonyl (C=O) groups excluding carboxylic acids is 1. The first-order valence-electron chi connectivity index (χ1n) is 13.4. The second-order valence-corrected chi connectivity index (χ2v) is 9.08. The van der Waals surface area contributed by atoms with Crippen LogP contribution in [-0.2, 0) is 33.2 Å². The van der Waals surface area contributed by atoms with E-state index in [4.69, 9.17) is 43.0 Å². The van der Waals surface area contributed by atoms with Crippen LogP contribution in [0.2, 0.25) is 0 Å². The molecule has 1 aromatic rings. The summed E-state index contributed by atoms with van der Waals surface area (Å²) in [5.74, 6) is 1.25. The van der Waals surface area contributed by atoms with Gasteiger partial charge in [0.05, 0.1) is 59.5 Å². The average molecular weight is 538 g/mol. The van der Waals surface area contributed by atoms with Crippen LogP contribution in [0.5, 0.6) is 11.5 Å². The van der Waals surface area contributed by atoms with E-state index in [9.17, 15) is 4.79 Å². The summed E-state index contributed by atoms with van der Waals surface area (Å²) in [6, 6.07) is 5.79. The summed E-state index contributed by atoms with van der Waals surface area (Å²) < 4.78 is 45.3. The zero-order valence-corrected chi connectivity index (χ0v) is 21.8. The number of aliphatic hydroxyl groups excluding tert-OH is 1. The van der Waals surface area contributed by atoms with Crippen LogP contribution in [-0.4, -0.2) is 108 Å². The van der Waals surface area contributed by atoms with Crippen LogP contribution < -0.4 is 9.47 Å². The molecule has 0 saturated carbocycles. The molecule has 3 aliphatic rings. The Labute approximate surface area is 223 Å². The molecule has 0 spiro atoms. The molecule has 1 saturated heterocycles. The van der Waals surface area contributed by atoms with E-state index in [1.165, 1.54) is 0 Å². The number of hydrogen-bond donors (Lipinski definition) is 1. The maximum Gasteiger partial charge on any atom is 0.288 e. The normalized spacial score (nSPS) is 23.6. The Bertz CT molecular complexity index is 879. The largest absolute Gasteiger partial charge is 0.459 e. The van der Waals surface area contributed by atoms with E-state index in [1.54, 1.807) is 4.90 Å². The Kier molecular flexibility index (Phi) is 11.9. The van der Waals surface area contributed by atoms with Crippen LogP contribution in [0.25, 0.3) is 0 Å². The molecule has 1 N–H and O–H groups in total. The van der Waals surface area contributed by atoms with Gasteiger partial charge in [-0.3, -0.25) is 4.79 Å². The topological polar surface area (TPSA) is 114 Å². The van der Waals surface area contributed by atoms with Crippen molar-refractivity contribution in [3.63, 3.8) is 0 Å². The lowest BCUT2D eigenvalue weighted by Gasteiger charge is -2.32. The van der Waals surface area contributed by atoms with Gasteiger partial charge >= 0.3 is 0 Å². The summed E-state index contributed by atoms with van der Waals surface area (Å²) in [7, 11) is 0. The van der Waals surface area contributed by atoms with Crippen molar-refractivity contribution in [2.24, 2.45) is 0 Å². The number of unbranched alkanes of at least 4 members (excludes halogenated alkanes) is 1. The molecule has 1 amide bonds. The highest BCUT2D eigenvalue weighted by molar-refractivity contribution is 5.91. The number of allylic oxidation sites excluding steroid dienone is 1. The van der Waals surface area contributed by atoms with Gasteiger partial charge in [-0.1, -0.05) is 6.07 Å². The molecular weight excluding hydrogens is 498 g/mol. The van der Waals surface area contributed by atoms with Gasteiger partial charge in [0.15, 0.2) is 17.3 Å². The Morgan fingerprint density at radius 3 is 2.24 bits per heavy atom. The number of fused-ring (bicyclic) bond motifs is 1. The van der Waals surface area contributed by atoms with Gasteiger partial charge in [-0.15, -0.1) is 0 Å². The van der Waals surface area contributed by atoms with Crippen LogP contribution in [0.4, 0.5) is 0 Å². The quantitative estimate of drug-likeness (QED) is 0.517. The molecule has 2 atom stereocenters. The van der Waals surface area contributed by atoms with E-state index in [0.717, 1.165) is 5.56 Å². The van der Waals surface area contributed by atoms with Gasteiger partial charge in [-0.05, 0) is 36.6 Å². The molecule has 1 aromatic carbocycles. The number of hydrogen-bond acceptors (Lipinski definition) is 10. The van der Waals surface area contributed by atoms with Crippen molar-refractivity contribution in [2.75, 3.05) is 86.0 Å². The van der Waals surface area contributed by atoms with E-state index >= 15 is 0 Å². The number of ether oxygens (including phenoxy) is 8. The minimum Gasteiger partial charge on any atom is -0.459 e. The summed E-state index contributed by atoms with van der Waals surface area (Å²) in [5.41, 5.74) is 0.982. The zero-order chi connectivity index (χ0) is 26.4. The molecule has 3 heterocycles. The fraction of sp³-hybridized carbons (Fsp3) is 0.667. The average Bonchev–Trinajstić information content (AvgIpc) is 3.41. The highest BCUT2D eigenvalue weighted by Crippen LogP contribution is 2.38. The van der Waals surface area contributed by atoms with Gasteiger partial charge in [0.1, 0.15) is 0 Å². The summed E-state index contributed by atoms with van der Waals surface area (Å²) in [6.45, 7) is 5.06. The number of nitrogens with zero attached hydrogens (tertiary/aromatic N) is 1. The first kappa shape index (κ1) is 28.6. The van der Waals surface area contributed by atoms with E-state index in [-0.39, 0.29) is 31.0 Å². The minimum atomic E-state index is -0.599. The third-order valence-corrected chi connectivity index (χ3v) is 6.36. The molecule has 3 aliphatic heterocycles. The van der Waals surface area contributed by atoms with Gasteiger partial charge in [-0.2, -0.15) is 0 Å². The monoisotopic (exact) mass is 537 g/mol. The number of carbonyl (C=O) groups is 1. The minimum absolute atomic E-state index is 0.107. The first-order chi connectivity index (χ1) is 18.7. The predicted molar refractivity (Wildman–Crippen MR) is 135 cm³/mol. The molecule has 212 valence electrons. The van der Waals surface area contributed by atoms with Gasteiger partial charge in [0.2, 0.25) is 13.1 Å². The number of aliphatic hydroxyl groups is 1. The fourth-order valence-electron chi connectivity index (χ4n) is 4.30. The summed E-state index contributed by atoms with van der Waals surface area (Å²) in [6.07, 6.45) is 3.14. The van der Waals surface area contributed by atoms with Crippen molar-refractivity contribution < 1.29 is 47.8 Å². The molecule has 38 heavy (non-hydrogen) atoms. The lowest BCUT2D eigenvalue weighted by Crippen LogP contribution is -2.40. The third kappa shape index (κ3) is 8.82. The van der Waals surface area contributed by atoms with Crippen LogP contribution in [0.15, 0.2) is 30.0 Å². The maximum absolute atomic E-state index is 13.7. The van der Waals surface area contributed by atoms with Crippen LogP contribution in [0, 0.1) is 0 Å². The highest BCUT2D eigenvalue weighted by Gasteiger charge is 2.31. The first-order valence-corrected chi connectivity index (χ1v) is 13.4. The number of rotatable bonds is 7. The molecular formula is C27H39NO10. The van der Waals surface area contributed by atoms with E-state index < -0.39 is 6.29 Å². The van der Waals surface area contributed by atoms with Crippen molar-refractivity contribution in [1.29, 1.82) is 0 Å². The van der Waals surface area contributed by atoms with Crippen molar-refractivity contribution in [1.82, 2.24) is 4.90 Å². The van der Waals surface area contributed by atoms with Gasteiger partial charge in [-0.25, -0.2) is 0 Å². The number of benzene rings is 1. The van der Waals surface area contributed by atoms with Crippen LogP contribution in [0.1, 0.15) is 30.7 Å². The SMILES string of the molecule is O=C(C1=C[C@H](c2ccc3c(c2)OCO3)C[C@H](OCCCCO)O1)N1CCOCCOCCOCCOCC1. The third-order valence-electron chi connectivity index (χ3n) is 6.36. The second kappa shape index (κ2) is 15.9. The lowest BCUT2D eigenvalue weighted by atomic mass is 9.92. The van der Waals surface area contributed by atoms with Gasteiger partial charge < -0.3 is 47.9 Å². The van der Waals surface area contributed by atoms with Crippen molar-refractivity contribution in [3.05, 3.63) is 35.6 Å². The predicted octanol–water partition coefficient (Wildman–Crippen LogP) is 1.83. The van der Waals surface area contributed by atoms with Gasteiger partial charge in [0.25, 0.3) is 5.91 Å². The van der Waals surface area contributed by atoms with E-state index in [1.807, 2.05) is 24.3 Å². The van der Waals surface area contributed by atoms with Gasteiger partial charge in [0, 0.05) is 32.0 Å². The molecule has 11 nitrogen and oxygen atoms in total. The summed E-state index contributed by atoms with van der Waals surface area (Å²) in [5, 5.41) is 9.08. The zero-order valence-electron chi connectivity index (χ0n) is 21.8. The van der Waals surface area contributed by atoms with E-state index in [0.29, 0.717) is 103 Å².